The number of amides is 1. The molecule has 6 nitrogen and oxygen atoms in total. The minimum absolute atomic E-state index is 0.0575. The van der Waals surface area contributed by atoms with Crippen LogP contribution >= 0.6 is 23.2 Å². The summed E-state index contributed by atoms with van der Waals surface area (Å²) < 4.78 is 27.3. The predicted octanol–water partition coefficient (Wildman–Crippen LogP) is 2.87. The van der Waals surface area contributed by atoms with Crippen LogP contribution in [0.5, 0.6) is 0 Å². The number of nitrogens with zero attached hydrogens (tertiary/aromatic N) is 2. The minimum atomic E-state index is -4.01. The molecule has 1 N–H and O–H groups in total. The SMILES string of the molecule is CN(C)CCNC(=O)CN(c1cccc(Cl)c1Cl)S(=O)(=O)c1ccccc1. The van der Waals surface area contributed by atoms with E-state index in [1.165, 1.54) is 18.2 Å². The first-order valence-corrected chi connectivity index (χ1v) is 10.4. The number of hydrogen-bond acceptors (Lipinski definition) is 4. The molecular formula is C18H21Cl2N3O3S. The van der Waals surface area contributed by atoms with Gasteiger partial charge in [-0.1, -0.05) is 47.5 Å². The molecular weight excluding hydrogens is 409 g/mol. The van der Waals surface area contributed by atoms with Crippen LogP contribution in [0.4, 0.5) is 5.69 Å². The van der Waals surface area contributed by atoms with Crippen LogP contribution in [0.15, 0.2) is 53.4 Å². The molecule has 2 aromatic carbocycles. The molecule has 0 spiro atoms. The van der Waals surface area contributed by atoms with Crippen molar-refractivity contribution in [2.45, 2.75) is 4.90 Å². The van der Waals surface area contributed by atoms with E-state index in [0.717, 1.165) is 4.31 Å². The number of rotatable bonds is 8. The smallest absolute Gasteiger partial charge is 0.264 e. The van der Waals surface area contributed by atoms with Crippen LogP contribution in [0, 0.1) is 0 Å². The van der Waals surface area contributed by atoms with Crippen LogP contribution in [0.2, 0.25) is 10.0 Å². The van der Waals surface area contributed by atoms with Gasteiger partial charge in [0.05, 0.1) is 20.6 Å². The molecule has 2 rings (SSSR count). The van der Waals surface area contributed by atoms with Crippen LogP contribution in [0.3, 0.4) is 0 Å². The van der Waals surface area contributed by atoms with Crippen molar-refractivity contribution in [1.29, 1.82) is 0 Å². The molecule has 0 aliphatic rings. The quantitative estimate of drug-likeness (QED) is 0.700. The van der Waals surface area contributed by atoms with E-state index in [2.05, 4.69) is 5.32 Å². The van der Waals surface area contributed by atoms with Crippen molar-refractivity contribution in [3.63, 3.8) is 0 Å². The van der Waals surface area contributed by atoms with Gasteiger partial charge in [0.2, 0.25) is 5.91 Å². The van der Waals surface area contributed by atoms with Crippen molar-refractivity contribution in [1.82, 2.24) is 10.2 Å². The van der Waals surface area contributed by atoms with Crippen LogP contribution in [0.1, 0.15) is 0 Å². The molecule has 1 amide bonds. The highest BCUT2D eigenvalue weighted by Crippen LogP contribution is 2.35. The largest absolute Gasteiger partial charge is 0.353 e. The van der Waals surface area contributed by atoms with E-state index in [1.807, 2.05) is 19.0 Å². The molecule has 0 radical (unpaired) electrons. The Kier molecular flexibility index (Phi) is 7.49. The van der Waals surface area contributed by atoms with Crippen molar-refractivity contribution < 1.29 is 13.2 Å². The van der Waals surface area contributed by atoms with Crippen molar-refractivity contribution in [3.05, 3.63) is 58.6 Å². The number of likely N-dealkylation sites (N-methyl/N-ethyl adjacent to an activating group) is 1. The zero-order valence-electron chi connectivity index (χ0n) is 15.0. The van der Waals surface area contributed by atoms with Crippen molar-refractivity contribution >= 4 is 44.8 Å². The molecule has 146 valence electrons. The van der Waals surface area contributed by atoms with E-state index < -0.39 is 22.5 Å². The summed E-state index contributed by atoms with van der Waals surface area (Å²) >= 11 is 12.3. The summed E-state index contributed by atoms with van der Waals surface area (Å²) in [6.45, 7) is 0.619. The normalized spacial score (nSPS) is 11.4. The van der Waals surface area contributed by atoms with Gasteiger partial charge in [0.25, 0.3) is 10.0 Å². The summed E-state index contributed by atoms with van der Waals surface area (Å²) in [6.07, 6.45) is 0. The topological polar surface area (TPSA) is 69.7 Å². The number of halogens is 2. The van der Waals surface area contributed by atoms with Gasteiger partial charge in [-0.2, -0.15) is 0 Å². The molecule has 27 heavy (non-hydrogen) atoms. The lowest BCUT2D eigenvalue weighted by molar-refractivity contribution is -0.119. The van der Waals surface area contributed by atoms with Gasteiger partial charge in [-0.05, 0) is 38.4 Å². The summed E-state index contributed by atoms with van der Waals surface area (Å²) in [7, 11) is -0.253. The Morgan fingerprint density at radius 3 is 2.33 bits per heavy atom. The maximum absolute atomic E-state index is 13.1. The third-order valence-corrected chi connectivity index (χ3v) is 6.28. The Morgan fingerprint density at radius 1 is 1.04 bits per heavy atom. The lowest BCUT2D eigenvalue weighted by atomic mass is 10.3. The van der Waals surface area contributed by atoms with E-state index in [9.17, 15) is 13.2 Å². The highest BCUT2D eigenvalue weighted by molar-refractivity contribution is 7.92. The number of hydrogen-bond donors (Lipinski definition) is 1. The summed E-state index contributed by atoms with van der Waals surface area (Å²) in [5, 5.41) is 2.98. The van der Waals surface area contributed by atoms with Crippen LogP contribution in [-0.2, 0) is 14.8 Å². The second-order valence-corrected chi connectivity index (χ2v) is 8.70. The molecule has 0 saturated heterocycles. The summed E-state index contributed by atoms with van der Waals surface area (Å²) in [4.78, 5) is 14.3. The fraction of sp³-hybridized carbons (Fsp3) is 0.278. The molecule has 0 unspecified atom stereocenters. The zero-order valence-corrected chi connectivity index (χ0v) is 17.4. The van der Waals surface area contributed by atoms with E-state index >= 15 is 0 Å². The lowest BCUT2D eigenvalue weighted by Gasteiger charge is -2.25. The fourth-order valence-corrected chi connectivity index (χ4v) is 4.21. The van der Waals surface area contributed by atoms with Crippen molar-refractivity contribution in [2.75, 3.05) is 38.0 Å². The maximum Gasteiger partial charge on any atom is 0.264 e. The average molecular weight is 430 g/mol. The Hall–Kier alpha value is -1.80. The lowest BCUT2D eigenvalue weighted by Crippen LogP contribution is -2.42. The standard InChI is InChI=1S/C18H21Cl2N3O3S/c1-22(2)12-11-21-17(24)13-23(16-10-6-9-15(19)18(16)20)27(25,26)14-7-4-3-5-8-14/h3-10H,11-13H2,1-2H3,(H,21,24). The molecule has 0 atom stereocenters. The van der Waals surface area contributed by atoms with E-state index in [4.69, 9.17) is 23.2 Å². The Morgan fingerprint density at radius 2 is 1.70 bits per heavy atom. The van der Waals surface area contributed by atoms with Gasteiger partial charge >= 0.3 is 0 Å². The molecule has 0 aliphatic heterocycles. The molecule has 0 saturated carbocycles. The van der Waals surface area contributed by atoms with Crippen molar-refractivity contribution in [2.24, 2.45) is 0 Å². The summed E-state index contributed by atoms with van der Waals surface area (Å²) in [5.41, 5.74) is 0.149. The summed E-state index contributed by atoms with van der Waals surface area (Å²) in [5.74, 6) is -0.438. The van der Waals surface area contributed by atoms with Crippen LogP contribution in [-0.4, -0.2) is 53.0 Å². The molecule has 2 aromatic rings. The Balaban J connectivity index is 2.38. The first-order chi connectivity index (χ1) is 12.7. The third-order valence-electron chi connectivity index (χ3n) is 3.70. The number of anilines is 1. The van der Waals surface area contributed by atoms with Gasteiger partial charge in [0.15, 0.2) is 0 Å². The maximum atomic E-state index is 13.1. The Bertz CT molecular complexity index is 890. The van der Waals surface area contributed by atoms with Crippen LogP contribution < -0.4 is 9.62 Å². The first kappa shape index (κ1) is 21.5. The van der Waals surface area contributed by atoms with E-state index in [1.54, 1.807) is 30.3 Å². The van der Waals surface area contributed by atoms with Gasteiger partial charge < -0.3 is 10.2 Å². The summed E-state index contributed by atoms with van der Waals surface area (Å²) in [6, 6.07) is 12.5. The second-order valence-electron chi connectivity index (χ2n) is 6.05. The van der Waals surface area contributed by atoms with Crippen LogP contribution in [0.25, 0.3) is 0 Å². The number of carbonyl (C=O) groups is 1. The molecule has 0 fully saturated rings. The second kappa shape index (κ2) is 9.41. The molecule has 0 bridgehead atoms. The monoisotopic (exact) mass is 429 g/mol. The molecule has 0 aromatic heterocycles. The van der Waals surface area contributed by atoms with E-state index in [-0.39, 0.29) is 20.6 Å². The van der Waals surface area contributed by atoms with Gasteiger partial charge in [-0.15, -0.1) is 0 Å². The van der Waals surface area contributed by atoms with Crippen molar-refractivity contribution in [3.8, 4) is 0 Å². The average Bonchev–Trinajstić information content (AvgIpc) is 2.62. The Labute approximate surface area is 169 Å². The number of nitrogens with one attached hydrogen (secondary N) is 1. The van der Waals surface area contributed by atoms with E-state index in [0.29, 0.717) is 13.1 Å². The highest BCUT2D eigenvalue weighted by atomic mass is 35.5. The number of carbonyl (C=O) groups excluding carboxylic acids is 1. The predicted molar refractivity (Wildman–Crippen MR) is 109 cm³/mol. The third kappa shape index (κ3) is 5.59. The minimum Gasteiger partial charge on any atom is -0.353 e. The first-order valence-electron chi connectivity index (χ1n) is 8.16. The molecule has 0 heterocycles. The number of sulfonamides is 1. The fourth-order valence-electron chi connectivity index (χ4n) is 2.31. The highest BCUT2D eigenvalue weighted by Gasteiger charge is 2.29. The zero-order chi connectivity index (χ0) is 20.0. The molecule has 9 heteroatoms. The number of benzene rings is 2. The van der Waals surface area contributed by atoms with Gasteiger partial charge in [0, 0.05) is 13.1 Å². The van der Waals surface area contributed by atoms with Gasteiger partial charge in [-0.25, -0.2) is 8.42 Å². The molecule has 0 aliphatic carbocycles. The van der Waals surface area contributed by atoms with Gasteiger partial charge in [0.1, 0.15) is 6.54 Å². The van der Waals surface area contributed by atoms with Gasteiger partial charge in [-0.3, -0.25) is 9.10 Å².